The highest BCUT2D eigenvalue weighted by atomic mass is 16.5. The maximum Gasteiger partial charge on any atom is 0.262 e. The van der Waals surface area contributed by atoms with Gasteiger partial charge in [-0.25, -0.2) is 9.97 Å². The number of carbonyl (C=O) groups is 3. The second-order valence-electron chi connectivity index (χ2n) is 7.96. The zero-order valence-corrected chi connectivity index (χ0v) is 17.7. The molecule has 2 aromatic carbocycles. The van der Waals surface area contributed by atoms with Crippen LogP contribution in [0.4, 0.5) is 11.5 Å². The third-order valence-corrected chi connectivity index (χ3v) is 5.50. The molecule has 9 heteroatoms. The van der Waals surface area contributed by atoms with Crippen LogP contribution in [0.2, 0.25) is 0 Å². The van der Waals surface area contributed by atoms with E-state index < -0.39 is 0 Å². The minimum absolute atomic E-state index is 0.0614. The molecule has 0 saturated heterocycles. The van der Waals surface area contributed by atoms with E-state index in [9.17, 15) is 14.4 Å². The number of rotatable bonds is 6. The van der Waals surface area contributed by atoms with Crippen molar-refractivity contribution in [1.29, 1.82) is 0 Å². The van der Waals surface area contributed by atoms with Gasteiger partial charge in [-0.3, -0.25) is 14.4 Å². The zero-order valence-electron chi connectivity index (χ0n) is 17.7. The lowest BCUT2D eigenvalue weighted by Gasteiger charge is -2.24. The van der Waals surface area contributed by atoms with Gasteiger partial charge in [0, 0.05) is 29.9 Å². The maximum absolute atomic E-state index is 13.3. The Balaban J connectivity index is 1.28. The Morgan fingerprint density at radius 2 is 1.88 bits per heavy atom. The summed E-state index contributed by atoms with van der Waals surface area (Å²) in [6.07, 6.45) is 4.85. The SMILES string of the molecule is O=C1COc2cc(C(=O)N(Cc3ccc(C(=O)Nc4ccncn4)cc3)C3CC3)ccc2N1. The third kappa shape index (κ3) is 4.67. The number of amides is 3. The third-order valence-electron chi connectivity index (χ3n) is 5.50. The summed E-state index contributed by atoms with van der Waals surface area (Å²) in [4.78, 5) is 46.8. The molecular formula is C24H21N5O4. The fraction of sp³-hybridized carbons (Fsp3) is 0.208. The van der Waals surface area contributed by atoms with Crippen LogP contribution in [-0.2, 0) is 11.3 Å². The Bertz CT molecular complexity index is 1210. The highest BCUT2D eigenvalue weighted by Gasteiger charge is 2.33. The molecule has 0 bridgehead atoms. The van der Waals surface area contributed by atoms with E-state index in [4.69, 9.17) is 4.74 Å². The van der Waals surface area contributed by atoms with Gasteiger partial charge in [0.1, 0.15) is 17.9 Å². The molecule has 0 atom stereocenters. The van der Waals surface area contributed by atoms with Crippen molar-refractivity contribution in [3.8, 4) is 5.75 Å². The summed E-state index contributed by atoms with van der Waals surface area (Å²) in [6.45, 7) is 0.375. The molecule has 2 heterocycles. The predicted molar refractivity (Wildman–Crippen MR) is 120 cm³/mol. The minimum Gasteiger partial charge on any atom is -0.482 e. The quantitative estimate of drug-likeness (QED) is 0.606. The molecule has 0 unspecified atom stereocenters. The van der Waals surface area contributed by atoms with Crippen LogP contribution in [0.15, 0.2) is 61.1 Å². The van der Waals surface area contributed by atoms with Crippen molar-refractivity contribution < 1.29 is 19.1 Å². The standard InChI is InChI=1S/C24H21N5O4/c30-22-13-33-20-11-17(5-8-19(20)27-22)24(32)29(18-6-7-18)12-15-1-3-16(4-2-15)23(31)28-21-9-10-25-14-26-21/h1-5,8-11,14,18H,6-7,12-13H2,(H,27,30)(H,25,26,28,31). The van der Waals surface area contributed by atoms with Gasteiger partial charge in [-0.05, 0) is 54.8 Å². The van der Waals surface area contributed by atoms with E-state index in [1.807, 2.05) is 17.0 Å². The average Bonchev–Trinajstić information content (AvgIpc) is 3.68. The number of fused-ring (bicyclic) bond motifs is 1. The molecule has 2 aliphatic rings. The van der Waals surface area contributed by atoms with Gasteiger partial charge in [0.15, 0.2) is 6.61 Å². The smallest absolute Gasteiger partial charge is 0.262 e. The number of hydrogen-bond donors (Lipinski definition) is 2. The molecular weight excluding hydrogens is 422 g/mol. The van der Waals surface area contributed by atoms with Gasteiger partial charge in [-0.1, -0.05) is 12.1 Å². The molecule has 3 aromatic rings. The summed E-state index contributed by atoms with van der Waals surface area (Å²) in [5, 5.41) is 5.45. The van der Waals surface area contributed by atoms with Crippen molar-refractivity contribution in [2.24, 2.45) is 0 Å². The summed E-state index contributed by atoms with van der Waals surface area (Å²) in [5.74, 6) is 0.353. The lowest BCUT2D eigenvalue weighted by atomic mass is 10.1. The summed E-state index contributed by atoms with van der Waals surface area (Å²) in [6, 6.07) is 14.0. The molecule has 33 heavy (non-hydrogen) atoms. The summed E-state index contributed by atoms with van der Waals surface area (Å²) in [5.41, 5.74) is 2.50. The number of nitrogens with zero attached hydrogens (tertiary/aromatic N) is 3. The molecule has 0 spiro atoms. The number of hydrogen-bond acceptors (Lipinski definition) is 6. The van der Waals surface area contributed by atoms with Crippen LogP contribution in [0.3, 0.4) is 0 Å². The van der Waals surface area contributed by atoms with Crippen molar-refractivity contribution >= 4 is 29.2 Å². The first-order chi connectivity index (χ1) is 16.1. The summed E-state index contributed by atoms with van der Waals surface area (Å²) in [7, 11) is 0. The first kappa shape index (κ1) is 20.6. The fourth-order valence-corrected chi connectivity index (χ4v) is 3.64. The monoisotopic (exact) mass is 443 g/mol. The number of benzene rings is 2. The molecule has 1 aliphatic carbocycles. The topological polar surface area (TPSA) is 114 Å². The first-order valence-electron chi connectivity index (χ1n) is 10.6. The molecule has 1 aliphatic heterocycles. The van der Waals surface area contributed by atoms with Crippen molar-refractivity contribution in [3.05, 3.63) is 77.7 Å². The number of aromatic nitrogens is 2. The van der Waals surface area contributed by atoms with E-state index in [0.717, 1.165) is 18.4 Å². The van der Waals surface area contributed by atoms with Crippen molar-refractivity contribution in [2.45, 2.75) is 25.4 Å². The zero-order chi connectivity index (χ0) is 22.8. The van der Waals surface area contributed by atoms with E-state index in [1.165, 1.54) is 6.33 Å². The minimum atomic E-state index is -0.267. The van der Waals surface area contributed by atoms with Crippen molar-refractivity contribution in [3.63, 3.8) is 0 Å². The Hall–Kier alpha value is -4.27. The second-order valence-corrected chi connectivity index (χ2v) is 7.96. The van der Waals surface area contributed by atoms with Crippen LogP contribution in [0.25, 0.3) is 0 Å². The molecule has 0 radical (unpaired) electrons. The Labute approximate surface area is 189 Å². The largest absolute Gasteiger partial charge is 0.482 e. The van der Waals surface area contributed by atoms with Crippen LogP contribution in [-0.4, -0.2) is 45.2 Å². The molecule has 1 fully saturated rings. The van der Waals surface area contributed by atoms with Crippen molar-refractivity contribution in [2.75, 3.05) is 17.2 Å². The van der Waals surface area contributed by atoms with Crippen LogP contribution in [0.1, 0.15) is 39.1 Å². The summed E-state index contributed by atoms with van der Waals surface area (Å²) < 4.78 is 5.45. The Morgan fingerprint density at radius 1 is 1.09 bits per heavy atom. The van der Waals surface area contributed by atoms with Crippen molar-refractivity contribution in [1.82, 2.24) is 14.9 Å². The van der Waals surface area contributed by atoms with E-state index in [-0.39, 0.29) is 30.4 Å². The van der Waals surface area contributed by atoms with Gasteiger partial charge in [-0.15, -0.1) is 0 Å². The molecule has 9 nitrogen and oxygen atoms in total. The van der Waals surface area contributed by atoms with E-state index in [2.05, 4.69) is 20.6 Å². The van der Waals surface area contributed by atoms with Crippen LogP contribution < -0.4 is 15.4 Å². The van der Waals surface area contributed by atoms with Gasteiger partial charge in [0.25, 0.3) is 17.7 Å². The molecule has 166 valence electrons. The highest BCUT2D eigenvalue weighted by molar-refractivity contribution is 6.03. The van der Waals surface area contributed by atoms with E-state index in [1.54, 1.807) is 42.6 Å². The maximum atomic E-state index is 13.3. The molecule has 1 saturated carbocycles. The number of anilines is 2. The first-order valence-corrected chi connectivity index (χ1v) is 10.6. The predicted octanol–water partition coefficient (Wildman–Crippen LogP) is 2.86. The molecule has 2 N–H and O–H groups in total. The number of nitrogens with one attached hydrogen (secondary N) is 2. The van der Waals surface area contributed by atoms with Crippen LogP contribution in [0.5, 0.6) is 5.75 Å². The van der Waals surface area contributed by atoms with Gasteiger partial charge in [-0.2, -0.15) is 0 Å². The van der Waals surface area contributed by atoms with Crippen LogP contribution >= 0.6 is 0 Å². The van der Waals surface area contributed by atoms with Gasteiger partial charge < -0.3 is 20.3 Å². The van der Waals surface area contributed by atoms with Gasteiger partial charge >= 0.3 is 0 Å². The number of ether oxygens (including phenoxy) is 1. The van der Waals surface area contributed by atoms with Gasteiger partial charge in [0.05, 0.1) is 5.69 Å². The van der Waals surface area contributed by atoms with E-state index in [0.29, 0.717) is 34.9 Å². The van der Waals surface area contributed by atoms with Crippen LogP contribution in [0, 0.1) is 0 Å². The lowest BCUT2D eigenvalue weighted by Crippen LogP contribution is -2.33. The second kappa shape index (κ2) is 8.70. The lowest BCUT2D eigenvalue weighted by molar-refractivity contribution is -0.118. The molecule has 3 amide bonds. The Morgan fingerprint density at radius 3 is 2.61 bits per heavy atom. The molecule has 1 aromatic heterocycles. The van der Waals surface area contributed by atoms with E-state index >= 15 is 0 Å². The summed E-state index contributed by atoms with van der Waals surface area (Å²) >= 11 is 0. The highest BCUT2D eigenvalue weighted by Crippen LogP contribution is 2.33. The Kier molecular flexibility index (Phi) is 5.43. The average molecular weight is 443 g/mol. The van der Waals surface area contributed by atoms with Gasteiger partial charge in [0.2, 0.25) is 0 Å². The fourth-order valence-electron chi connectivity index (χ4n) is 3.64. The normalized spacial score (nSPS) is 14.5. The number of carbonyl (C=O) groups excluding carboxylic acids is 3. The molecule has 5 rings (SSSR count).